The summed E-state index contributed by atoms with van der Waals surface area (Å²) in [7, 11) is 0. The molecule has 18 heavy (non-hydrogen) atoms. The Labute approximate surface area is 104 Å². The van der Waals surface area contributed by atoms with Crippen LogP contribution in [0.5, 0.6) is 0 Å². The Morgan fingerprint density at radius 2 is 2.00 bits per heavy atom. The fourth-order valence-electron chi connectivity index (χ4n) is 2.40. The van der Waals surface area contributed by atoms with E-state index in [1.54, 1.807) is 12.3 Å². The van der Waals surface area contributed by atoms with Crippen LogP contribution in [-0.2, 0) is 12.8 Å². The molecule has 92 valence electrons. The number of hydrogen-bond acceptors (Lipinski definition) is 4. The molecule has 0 aliphatic heterocycles. The summed E-state index contributed by atoms with van der Waals surface area (Å²) in [6.45, 7) is 0. The molecule has 1 aromatic carbocycles. The van der Waals surface area contributed by atoms with Crippen molar-refractivity contribution in [3.8, 4) is 5.69 Å². The largest absolute Gasteiger partial charge is 0.383 e. The van der Waals surface area contributed by atoms with Crippen LogP contribution in [0, 0.1) is 0 Å². The van der Waals surface area contributed by atoms with Crippen LogP contribution in [-0.4, -0.2) is 15.6 Å². The fraction of sp³-hybridized carbons (Fsp3) is 0.231. The molecule has 0 bridgehead atoms. The van der Waals surface area contributed by atoms with Gasteiger partial charge in [-0.15, -0.1) is 0 Å². The van der Waals surface area contributed by atoms with Gasteiger partial charge in [0.2, 0.25) is 0 Å². The standard InChI is InChI=1S/C13H14N4O/c14-10-5-8-1-2-11(7-9(8)6-10)17-4-3-12(15)16-13(17)18/h1-4,7,10H,5-6,14H2,(H2,15,16,18). The Hall–Kier alpha value is -2.14. The summed E-state index contributed by atoms with van der Waals surface area (Å²) < 4.78 is 1.49. The van der Waals surface area contributed by atoms with Crippen molar-refractivity contribution in [1.82, 2.24) is 9.55 Å². The zero-order valence-electron chi connectivity index (χ0n) is 9.84. The molecule has 1 heterocycles. The molecule has 0 fully saturated rings. The van der Waals surface area contributed by atoms with Crippen LogP contribution in [0.25, 0.3) is 5.69 Å². The van der Waals surface area contributed by atoms with Crippen LogP contribution in [0.2, 0.25) is 0 Å². The van der Waals surface area contributed by atoms with Gasteiger partial charge in [0.25, 0.3) is 0 Å². The van der Waals surface area contributed by atoms with E-state index in [-0.39, 0.29) is 17.5 Å². The minimum Gasteiger partial charge on any atom is -0.383 e. The summed E-state index contributed by atoms with van der Waals surface area (Å²) in [6.07, 6.45) is 3.41. The first-order chi connectivity index (χ1) is 8.63. The average molecular weight is 242 g/mol. The van der Waals surface area contributed by atoms with E-state index in [9.17, 15) is 4.79 Å². The third kappa shape index (κ3) is 1.78. The lowest BCUT2D eigenvalue weighted by molar-refractivity contribution is 0.721. The molecule has 1 atom stereocenters. The third-order valence-corrected chi connectivity index (χ3v) is 3.26. The highest BCUT2D eigenvalue weighted by atomic mass is 16.1. The lowest BCUT2D eigenvalue weighted by atomic mass is 10.1. The van der Waals surface area contributed by atoms with Gasteiger partial charge < -0.3 is 11.5 Å². The number of rotatable bonds is 1. The number of nitrogens with two attached hydrogens (primary N) is 2. The maximum absolute atomic E-state index is 11.8. The number of anilines is 1. The van der Waals surface area contributed by atoms with Crippen LogP contribution in [0.1, 0.15) is 11.1 Å². The second-order valence-corrected chi connectivity index (χ2v) is 4.63. The topological polar surface area (TPSA) is 86.9 Å². The van der Waals surface area contributed by atoms with E-state index in [1.807, 2.05) is 18.2 Å². The molecule has 0 spiro atoms. The smallest absolute Gasteiger partial charge is 0.354 e. The van der Waals surface area contributed by atoms with Gasteiger partial charge in [0.05, 0.1) is 5.69 Å². The van der Waals surface area contributed by atoms with E-state index in [2.05, 4.69) is 4.98 Å². The first kappa shape index (κ1) is 11.0. The Bertz CT molecular complexity index is 662. The lowest BCUT2D eigenvalue weighted by Gasteiger charge is -2.07. The normalized spacial score (nSPS) is 17.7. The molecule has 1 aliphatic rings. The van der Waals surface area contributed by atoms with Crippen molar-refractivity contribution in [2.75, 3.05) is 5.73 Å². The third-order valence-electron chi connectivity index (χ3n) is 3.26. The summed E-state index contributed by atoms with van der Waals surface area (Å²) >= 11 is 0. The number of nitrogens with zero attached hydrogens (tertiary/aromatic N) is 2. The SMILES string of the molecule is Nc1ccn(-c2ccc3c(c2)CC(N)C3)c(=O)n1. The van der Waals surface area contributed by atoms with Crippen LogP contribution in [0.3, 0.4) is 0 Å². The predicted octanol–water partition coefficient (Wildman–Crippen LogP) is 0.241. The number of aromatic nitrogens is 2. The molecule has 0 saturated heterocycles. The number of fused-ring (bicyclic) bond motifs is 1. The number of benzene rings is 1. The van der Waals surface area contributed by atoms with Gasteiger partial charge in [-0.3, -0.25) is 4.57 Å². The van der Waals surface area contributed by atoms with Crippen LogP contribution >= 0.6 is 0 Å². The van der Waals surface area contributed by atoms with E-state index in [1.165, 1.54) is 15.7 Å². The molecule has 1 unspecified atom stereocenters. The lowest BCUT2D eigenvalue weighted by Crippen LogP contribution is -2.21. The van der Waals surface area contributed by atoms with Crippen LogP contribution in [0.4, 0.5) is 5.82 Å². The van der Waals surface area contributed by atoms with E-state index >= 15 is 0 Å². The summed E-state index contributed by atoms with van der Waals surface area (Å²) in [5.74, 6) is 0.236. The predicted molar refractivity (Wildman–Crippen MR) is 69.6 cm³/mol. The van der Waals surface area contributed by atoms with Gasteiger partial charge >= 0.3 is 5.69 Å². The second kappa shape index (κ2) is 3.96. The molecule has 1 aliphatic carbocycles. The summed E-state index contributed by atoms with van der Waals surface area (Å²) in [5.41, 5.74) is 14.3. The highest BCUT2D eigenvalue weighted by Gasteiger charge is 2.18. The molecule has 1 aromatic heterocycles. The van der Waals surface area contributed by atoms with Crippen molar-refractivity contribution in [1.29, 1.82) is 0 Å². The van der Waals surface area contributed by atoms with Gasteiger partial charge in [-0.2, -0.15) is 4.98 Å². The van der Waals surface area contributed by atoms with Crippen molar-refractivity contribution in [3.63, 3.8) is 0 Å². The highest BCUT2D eigenvalue weighted by Crippen LogP contribution is 2.23. The Balaban J connectivity index is 2.08. The Kier molecular flexibility index (Phi) is 2.41. The van der Waals surface area contributed by atoms with E-state index in [0.29, 0.717) is 0 Å². The van der Waals surface area contributed by atoms with Crippen molar-refractivity contribution in [3.05, 3.63) is 52.1 Å². The minimum atomic E-state index is -0.364. The van der Waals surface area contributed by atoms with Gasteiger partial charge in [-0.25, -0.2) is 4.79 Å². The minimum absolute atomic E-state index is 0.191. The Morgan fingerprint density at radius 1 is 1.22 bits per heavy atom. The summed E-state index contributed by atoms with van der Waals surface area (Å²) in [5, 5.41) is 0. The zero-order valence-corrected chi connectivity index (χ0v) is 9.84. The van der Waals surface area contributed by atoms with Crippen molar-refractivity contribution >= 4 is 5.82 Å². The monoisotopic (exact) mass is 242 g/mol. The first-order valence-corrected chi connectivity index (χ1v) is 5.86. The van der Waals surface area contributed by atoms with Gasteiger partial charge in [-0.05, 0) is 42.2 Å². The van der Waals surface area contributed by atoms with Crippen LogP contribution < -0.4 is 17.2 Å². The number of hydrogen-bond donors (Lipinski definition) is 2. The molecule has 4 N–H and O–H groups in total. The zero-order chi connectivity index (χ0) is 12.7. The van der Waals surface area contributed by atoms with Gasteiger partial charge in [0.1, 0.15) is 5.82 Å². The Morgan fingerprint density at radius 3 is 2.78 bits per heavy atom. The van der Waals surface area contributed by atoms with E-state index in [0.717, 1.165) is 18.5 Å². The molecule has 5 heteroatoms. The second-order valence-electron chi connectivity index (χ2n) is 4.63. The summed E-state index contributed by atoms with van der Waals surface area (Å²) in [4.78, 5) is 15.5. The summed E-state index contributed by atoms with van der Waals surface area (Å²) in [6, 6.07) is 7.75. The molecular formula is C13H14N4O. The van der Waals surface area contributed by atoms with E-state index < -0.39 is 0 Å². The van der Waals surface area contributed by atoms with Crippen LogP contribution in [0.15, 0.2) is 35.3 Å². The maximum Gasteiger partial charge on any atom is 0.354 e. The molecule has 0 amide bonds. The molecular weight excluding hydrogens is 228 g/mol. The molecule has 3 rings (SSSR count). The van der Waals surface area contributed by atoms with Gasteiger partial charge in [-0.1, -0.05) is 6.07 Å². The molecule has 0 radical (unpaired) electrons. The maximum atomic E-state index is 11.8. The molecule has 0 saturated carbocycles. The van der Waals surface area contributed by atoms with Gasteiger partial charge in [0, 0.05) is 12.2 Å². The first-order valence-electron chi connectivity index (χ1n) is 5.86. The molecule has 2 aromatic rings. The highest BCUT2D eigenvalue weighted by molar-refractivity contribution is 5.44. The fourth-order valence-corrected chi connectivity index (χ4v) is 2.40. The van der Waals surface area contributed by atoms with Crippen molar-refractivity contribution in [2.24, 2.45) is 5.73 Å². The van der Waals surface area contributed by atoms with Gasteiger partial charge in [0.15, 0.2) is 0 Å². The van der Waals surface area contributed by atoms with Crippen molar-refractivity contribution < 1.29 is 0 Å². The van der Waals surface area contributed by atoms with E-state index in [4.69, 9.17) is 11.5 Å². The quantitative estimate of drug-likeness (QED) is 0.750. The number of nitrogen functional groups attached to an aromatic ring is 1. The average Bonchev–Trinajstić information content (AvgIpc) is 2.68. The molecule has 5 nitrogen and oxygen atoms in total. The van der Waals surface area contributed by atoms with Crippen molar-refractivity contribution in [2.45, 2.75) is 18.9 Å².